The van der Waals surface area contributed by atoms with Gasteiger partial charge in [-0.3, -0.25) is 9.78 Å². The SMILES string of the molecule is Nc1cc(N)cc(-n2nc(C(=O)O)c(=O)[nH]c2=O)c1. The molecule has 0 spiro atoms. The maximum absolute atomic E-state index is 11.6. The molecule has 0 radical (unpaired) electrons. The summed E-state index contributed by atoms with van der Waals surface area (Å²) in [6, 6.07) is 4.20. The first-order valence-electron chi connectivity index (χ1n) is 5.02. The number of hydrogen-bond acceptors (Lipinski definition) is 6. The maximum atomic E-state index is 11.6. The number of hydrogen-bond donors (Lipinski definition) is 4. The number of aromatic amines is 1. The van der Waals surface area contributed by atoms with Crippen molar-refractivity contribution in [1.82, 2.24) is 14.8 Å². The standard InChI is InChI=1S/C10H9N5O4/c11-4-1-5(12)3-6(2-4)15-10(19)13-8(16)7(14-15)9(17)18/h1-3H,11-12H2,(H,17,18)(H,13,16,19). The van der Waals surface area contributed by atoms with E-state index in [0.29, 0.717) is 4.68 Å². The van der Waals surface area contributed by atoms with E-state index in [1.54, 1.807) is 0 Å². The number of aromatic carboxylic acids is 1. The number of carboxylic acid groups (broad SMARTS) is 1. The molecular formula is C10H9N5O4. The summed E-state index contributed by atoms with van der Waals surface area (Å²) in [5, 5.41) is 12.3. The average Bonchev–Trinajstić information content (AvgIpc) is 2.26. The van der Waals surface area contributed by atoms with Crippen LogP contribution >= 0.6 is 0 Å². The smallest absolute Gasteiger partial charge is 0.362 e. The fraction of sp³-hybridized carbons (Fsp3) is 0. The summed E-state index contributed by atoms with van der Waals surface area (Å²) in [5.74, 6) is -1.55. The molecule has 0 aliphatic carbocycles. The molecule has 0 amide bonds. The van der Waals surface area contributed by atoms with E-state index in [1.807, 2.05) is 4.98 Å². The molecule has 98 valence electrons. The predicted octanol–water partition coefficient (Wildman–Crippen LogP) is -1.22. The second-order valence-electron chi connectivity index (χ2n) is 3.68. The average molecular weight is 263 g/mol. The van der Waals surface area contributed by atoms with Gasteiger partial charge in [0.2, 0.25) is 5.69 Å². The molecule has 9 nitrogen and oxygen atoms in total. The van der Waals surface area contributed by atoms with E-state index >= 15 is 0 Å². The summed E-state index contributed by atoms with van der Waals surface area (Å²) in [6.07, 6.45) is 0. The van der Waals surface area contributed by atoms with Gasteiger partial charge in [0.15, 0.2) is 0 Å². The van der Waals surface area contributed by atoms with Crippen LogP contribution in [0.25, 0.3) is 5.69 Å². The Morgan fingerprint density at radius 3 is 2.32 bits per heavy atom. The van der Waals surface area contributed by atoms with Gasteiger partial charge in [-0.05, 0) is 18.2 Å². The van der Waals surface area contributed by atoms with E-state index in [9.17, 15) is 14.4 Å². The van der Waals surface area contributed by atoms with E-state index in [4.69, 9.17) is 16.6 Å². The fourth-order valence-electron chi connectivity index (χ4n) is 1.50. The van der Waals surface area contributed by atoms with E-state index < -0.39 is 22.9 Å². The number of rotatable bonds is 2. The van der Waals surface area contributed by atoms with Crippen LogP contribution in [0, 0.1) is 0 Å². The summed E-state index contributed by atoms with van der Waals surface area (Å²) < 4.78 is 0.706. The lowest BCUT2D eigenvalue weighted by atomic mass is 10.2. The van der Waals surface area contributed by atoms with Crippen molar-refractivity contribution < 1.29 is 9.90 Å². The Labute approximate surface area is 105 Å². The quantitative estimate of drug-likeness (QED) is 0.494. The third kappa shape index (κ3) is 2.29. The van der Waals surface area contributed by atoms with Gasteiger partial charge >= 0.3 is 11.7 Å². The second kappa shape index (κ2) is 4.29. The first kappa shape index (κ1) is 12.4. The van der Waals surface area contributed by atoms with Gasteiger partial charge in [0.05, 0.1) is 5.69 Å². The Kier molecular flexibility index (Phi) is 2.79. The van der Waals surface area contributed by atoms with Crippen LogP contribution in [0.3, 0.4) is 0 Å². The van der Waals surface area contributed by atoms with Gasteiger partial charge in [0.25, 0.3) is 5.56 Å². The third-order valence-electron chi connectivity index (χ3n) is 2.24. The molecule has 19 heavy (non-hydrogen) atoms. The number of nitrogens with two attached hydrogens (primary N) is 2. The Hall–Kier alpha value is -3.10. The molecule has 2 aromatic rings. The molecule has 0 aliphatic heterocycles. The van der Waals surface area contributed by atoms with Gasteiger partial charge in [0, 0.05) is 11.4 Å². The summed E-state index contributed by atoms with van der Waals surface area (Å²) >= 11 is 0. The van der Waals surface area contributed by atoms with Crippen molar-refractivity contribution in [1.29, 1.82) is 0 Å². The summed E-state index contributed by atoms with van der Waals surface area (Å²) in [5.41, 5.74) is 9.05. The Balaban J connectivity index is 2.75. The van der Waals surface area contributed by atoms with Crippen LogP contribution in [0.1, 0.15) is 10.5 Å². The number of nitrogen functional groups attached to an aromatic ring is 2. The minimum Gasteiger partial charge on any atom is -0.476 e. The summed E-state index contributed by atoms with van der Waals surface area (Å²) in [4.78, 5) is 35.5. The highest BCUT2D eigenvalue weighted by Gasteiger charge is 2.14. The van der Waals surface area contributed by atoms with Crippen molar-refractivity contribution in [3.63, 3.8) is 0 Å². The number of benzene rings is 1. The van der Waals surface area contributed by atoms with Crippen molar-refractivity contribution in [3.05, 3.63) is 44.7 Å². The van der Waals surface area contributed by atoms with Crippen LogP contribution in [0.2, 0.25) is 0 Å². The Morgan fingerprint density at radius 1 is 1.21 bits per heavy atom. The van der Waals surface area contributed by atoms with Crippen LogP contribution in [-0.2, 0) is 0 Å². The van der Waals surface area contributed by atoms with Gasteiger partial charge in [-0.1, -0.05) is 0 Å². The van der Waals surface area contributed by atoms with Crippen molar-refractivity contribution in [2.45, 2.75) is 0 Å². The highest BCUT2D eigenvalue weighted by Crippen LogP contribution is 2.15. The molecule has 0 aliphatic rings. The van der Waals surface area contributed by atoms with E-state index in [0.717, 1.165) is 0 Å². The van der Waals surface area contributed by atoms with Crippen LogP contribution < -0.4 is 22.7 Å². The lowest BCUT2D eigenvalue weighted by molar-refractivity contribution is 0.0685. The number of carboxylic acids is 1. The van der Waals surface area contributed by atoms with E-state index in [-0.39, 0.29) is 17.1 Å². The van der Waals surface area contributed by atoms with Gasteiger partial charge in [-0.25, -0.2) is 9.59 Å². The number of nitrogens with zero attached hydrogens (tertiary/aromatic N) is 2. The molecule has 6 N–H and O–H groups in total. The molecular weight excluding hydrogens is 254 g/mol. The number of aromatic nitrogens is 3. The predicted molar refractivity (Wildman–Crippen MR) is 66.2 cm³/mol. The topological polar surface area (TPSA) is 157 Å². The highest BCUT2D eigenvalue weighted by atomic mass is 16.4. The molecule has 2 rings (SSSR count). The summed E-state index contributed by atoms with van der Waals surface area (Å²) in [7, 11) is 0. The number of H-pyrrole nitrogens is 1. The monoisotopic (exact) mass is 263 g/mol. The molecule has 0 unspecified atom stereocenters. The Morgan fingerprint density at radius 2 is 1.79 bits per heavy atom. The largest absolute Gasteiger partial charge is 0.476 e. The van der Waals surface area contributed by atoms with Gasteiger partial charge in [-0.15, -0.1) is 0 Å². The zero-order valence-corrected chi connectivity index (χ0v) is 9.45. The second-order valence-corrected chi connectivity index (χ2v) is 3.68. The number of anilines is 2. The molecule has 0 saturated heterocycles. The first-order valence-corrected chi connectivity index (χ1v) is 5.02. The molecule has 1 aromatic heterocycles. The lowest BCUT2D eigenvalue weighted by Gasteiger charge is -2.06. The van der Waals surface area contributed by atoms with E-state index in [1.165, 1.54) is 18.2 Å². The number of nitrogens with one attached hydrogen (secondary N) is 1. The molecule has 0 saturated carbocycles. The first-order chi connectivity index (χ1) is 8.88. The van der Waals surface area contributed by atoms with Crippen LogP contribution in [0.5, 0.6) is 0 Å². The van der Waals surface area contributed by atoms with Gasteiger partial charge in [0.1, 0.15) is 0 Å². The molecule has 0 fully saturated rings. The minimum atomic E-state index is -1.55. The fourth-order valence-corrected chi connectivity index (χ4v) is 1.50. The highest BCUT2D eigenvalue weighted by molar-refractivity contribution is 5.84. The molecule has 0 bridgehead atoms. The van der Waals surface area contributed by atoms with E-state index in [2.05, 4.69) is 5.10 Å². The minimum absolute atomic E-state index is 0.154. The molecule has 9 heteroatoms. The van der Waals surface area contributed by atoms with Crippen LogP contribution in [-0.4, -0.2) is 25.8 Å². The molecule has 1 aromatic carbocycles. The summed E-state index contributed by atoms with van der Waals surface area (Å²) in [6.45, 7) is 0. The van der Waals surface area contributed by atoms with Crippen LogP contribution in [0.4, 0.5) is 11.4 Å². The van der Waals surface area contributed by atoms with Crippen molar-refractivity contribution in [2.75, 3.05) is 11.5 Å². The van der Waals surface area contributed by atoms with Crippen LogP contribution in [0.15, 0.2) is 27.8 Å². The number of carbonyl (C=O) groups is 1. The Bertz CT molecular complexity index is 756. The van der Waals surface area contributed by atoms with Crippen molar-refractivity contribution in [2.24, 2.45) is 0 Å². The normalized spacial score (nSPS) is 10.3. The maximum Gasteiger partial charge on any atom is 0.362 e. The molecule has 0 atom stereocenters. The van der Waals surface area contributed by atoms with Gasteiger partial charge in [-0.2, -0.15) is 9.78 Å². The van der Waals surface area contributed by atoms with Crippen molar-refractivity contribution >= 4 is 17.3 Å². The molecule has 1 heterocycles. The van der Waals surface area contributed by atoms with Gasteiger partial charge < -0.3 is 16.6 Å². The van der Waals surface area contributed by atoms with Crippen molar-refractivity contribution in [3.8, 4) is 5.69 Å². The zero-order valence-electron chi connectivity index (χ0n) is 9.45. The third-order valence-corrected chi connectivity index (χ3v) is 2.24. The lowest BCUT2D eigenvalue weighted by Crippen LogP contribution is -2.35. The zero-order chi connectivity index (χ0) is 14.2.